The molecule has 0 bridgehead atoms. The Bertz CT molecular complexity index is 168. The topological polar surface area (TPSA) is 46.3 Å². The van der Waals surface area contributed by atoms with Gasteiger partial charge in [0.1, 0.15) is 0 Å². The first kappa shape index (κ1) is 12.2. The number of rotatable bonds is 6. The number of carbonyl (C=O) groups is 1. The molecule has 0 aliphatic rings. The number of nitrogens with zero attached hydrogens (tertiary/aromatic N) is 1. The van der Waals surface area contributed by atoms with Crippen molar-refractivity contribution in [2.45, 2.75) is 32.2 Å². The highest BCUT2D eigenvalue weighted by Crippen LogP contribution is 2.01. The second kappa shape index (κ2) is 6.66. The van der Waals surface area contributed by atoms with Crippen LogP contribution in [-0.2, 0) is 4.79 Å². The summed E-state index contributed by atoms with van der Waals surface area (Å²) in [5.74, 6) is 0.0980. The first-order valence-corrected chi connectivity index (χ1v) is 4.72. The molecule has 0 aromatic heterocycles. The molecule has 0 saturated carbocycles. The van der Waals surface area contributed by atoms with E-state index in [4.69, 9.17) is 5.73 Å². The maximum Gasteiger partial charge on any atom is 0.224 e. The molecule has 1 atom stereocenters. The van der Waals surface area contributed by atoms with Crippen LogP contribution in [0.5, 0.6) is 0 Å². The second-order valence-electron chi connectivity index (χ2n) is 3.32. The van der Waals surface area contributed by atoms with Crippen LogP contribution in [0.1, 0.15) is 26.2 Å². The highest BCUT2D eigenvalue weighted by Gasteiger charge is 2.11. The number of carbonyl (C=O) groups excluding carboxylic acids is 1. The summed E-state index contributed by atoms with van der Waals surface area (Å²) in [6, 6.07) is 0.00441. The number of amides is 1. The maximum atomic E-state index is 11.4. The van der Waals surface area contributed by atoms with Gasteiger partial charge in [0.05, 0.1) is 0 Å². The van der Waals surface area contributed by atoms with Crippen LogP contribution in [0.4, 0.5) is 0 Å². The highest BCUT2D eigenvalue weighted by atomic mass is 16.2. The number of hydrogen-bond donors (Lipinski definition) is 1. The molecule has 0 spiro atoms. The molecule has 0 aliphatic carbocycles. The third kappa shape index (κ3) is 5.42. The molecule has 76 valence electrons. The van der Waals surface area contributed by atoms with E-state index in [0.717, 1.165) is 12.8 Å². The summed E-state index contributed by atoms with van der Waals surface area (Å²) >= 11 is 0. The smallest absolute Gasteiger partial charge is 0.224 e. The fraction of sp³-hybridized carbons (Fsp3) is 0.700. The molecule has 1 unspecified atom stereocenters. The Balaban J connectivity index is 3.77. The van der Waals surface area contributed by atoms with Crippen molar-refractivity contribution in [3.63, 3.8) is 0 Å². The maximum absolute atomic E-state index is 11.4. The molecule has 1 amide bonds. The van der Waals surface area contributed by atoms with E-state index >= 15 is 0 Å². The van der Waals surface area contributed by atoms with Crippen LogP contribution in [0.3, 0.4) is 0 Å². The number of nitrogens with two attached hydrogens (primary N) is 1. The first-order valence-electron chi connectivity index (χ1n) is 4.72. The van der Waals surface area contributed by atoms with E-state index in [-0.39, 0.29) is 11.9 Å². The molecule has 0 heterocycles. The lowest BCUT2D eigenvalue weighted by atomic mass is 10.1. The van der Waals surface area contributed by atoms with Gasteiger partial charge in [-0.15, -0.1) is 6.58 Å². The molecule has 0 radical (unpaired) electrons. The van der Waals surface area contributed by atoms with Crippen molar-refractivity contribution < 1.29 is 4.79 Å². The molecular weight excluding hydrogens is 164 g/mol. The van der Waals surface area contributed by atoms with Crippen LogP contribution in [0, 0.1) is 0 Å². The van der Waals surface area contributed by atoms with Crippen molar-refractivity contribution in [3.05, 3.63) is 12.7 Å². The average Bonchev–Trinajstić information content (AvgIpc) is 2.05. The van der Waals surface area contributed by atoms with Gasteiger partial charge in [-0.2, -0.15) is 0 Å². The third-order valence-corrected chi connectivity index (χ3v) is 1.92. The van der Waals surface area contributed by atoms with Crippen LogP contribution in [0.2, 0.25) is 0 Å². The van der Waals surface area contributed by atoms with E-state index in [1.165, 1.54) is 0 Å². The van der Waals surface area contributed by atoms with Crippen molar-refractivity contribution in [1.82, 2.24) is 4.90 Å². The molecule has 0 rings (SSSR count). The van der Waals surface area contributed by atoms with Gasteiger partial charge in [-0.05, 0) is 6.42 Å². The van der Waals surface area contributed by atoms with Gasteiger partial charge in [-0.3, -0.25) is 4.79 Å². The Hall–Kier alpha value is -0.830. The van der Waals surface area contributed by atoms with E-state index in [1.54, 1.807) is 18.0 Å². The van der Waals surface area contributed by atoms with Crippen LogP contribution < -0.4 is 5.73 Å². The molecule has 3 nitrogen and oxygen atoms in total. The second-order valence-corrected chi connectivity index (χ2v) is 3.32. The molecule has 3 heteroatoms. The predicted octanol–water partition coefficient (Wildman–Crippen LogP) is 1.15. The minimum atomic E-state index is 0.00441. The lowest BCUT2D eigenvalue weighted by Crippen LogP contribution is -2.33. The first-order chi connectivity index (χ1) is 6.11. The van der Waals surface area contributed by atoms with Crippen molar-refractivity contribution >= 4 is 5.91 Å². The molecule has 0 aromatic rings. The Kier molecular flexibility index (Phi) is 6.24. The summed E-state index contributed by atoms with van der Waals surface area (Å²) in [5.41, 5.74) is 5.75. The third-order valence-electron chi connectivity index (χ3n) is 1.92. The lowest BCUT2D eigenvalue weighted by Gasteiger charge is -2.17. The Labute approximate surface area is 80.6 Å². The summed E-state index contributed by atoms with van der Waals surface area (Å²) in [6.45, 7) is 6.24. The lowest BCUT2D eigenvalue weighted by molar-refractivity contribution is -0.129. The fourth-order valence-corrected chi connectivity index (χ4v) is 1.15. The highest BCUT2D eigenvalue weighted by molar-refractivity contribution is 5.76. The fourth-order valence-electron chi connectivity index (χ4n) is 1.15. The summed E-state index contributed by atoms with van der Waals surface area (Å²) in [6.07, 6.45) is 4.09. The molecule has 0 saturated heterocycles. The SMILES string of the molecule is C=CCN(C)C(=O)CC(N)CCC. The van der Waals surface area contributed by atoms with Crippen LogP contribution in [-0.4, -0.2) is 30.4 Å². The van der Waals surface area contributed by atoms with Gasteiger partial charge in [0.25, 0.3) is 0 Å². The van der Waals surface area contributed by atoms with Gasteiger partial charge in [-0.1, -0.05) is 19.4 Å². The van der Waals surface area contributed by atoms with E-state index in [9.17, 15) is 4.79 Å². The molecule has 2 N–H and O–H groups in total. The minimum Gasteiger partial charge on any atom is -0.342 e. The van der Waals surface area contributed by atoms with Crippen LogP contribution in [0.15, 0.2) is 12.7 Å². The zero-order valence-electron chi connectivity index (χ0n) is 8.62. The van der Waals surface area contributed by atoms with E-state index in [0.29, 0.717) is 13.0 Å². The Morgan fingerprint density at radius 2 is 2.31 bits per heavy atom. The predicted molar refractivity (Wildman–Crippen MR) is 55.3 cm³/mol. The normalized spacial score (nSPS) is 12.2. The van der Waals surface area contributed by atoms with E-state index in [1.807, 2.05) is 0 Å². The largest absolute Gasteiger partial charge is 0.342 e. The molecular formula is C10H20N2O. The summed E-state index contributed by atoms with van der Waals surface area (Å²) in [5, 5.41) is 0. The summed E-state index contributed by atoms with van der Waals surface area (Å²) in [7, 11) is 1.77. The molecule has 0 aromatic carbocycles. The minimum absolute atomic E-state index is 0.00441. The quantitative estimate of drug-likeness (QED) is 0.629. The molecule has 0 fully saturated rings. The van der Waals surface area contributed by atoms with E-state index in [2.05, 4.69) is 13.5 Å². The zero-order chi connectivity index (χ0) is 10.3. The van der Waals surface area contributed by atoms with Gasteiger partial charge < -0.3 is 10.6 Å². The monoisotopic (exact) mass is 184 g/mol. The average molecular weight is 184 g/mol. The van der Waals surface area contributed by atoms with Gasteiger partial charge in [-0.25, -0.2) is 0 Å². The van der Waals surface area contributed by atoms with Gasteiger partial charge >= 0.3 is 0 Å². The van der Waals surface area contributed by atoms with Crippen molar-refractivity contribution in [3.8, 4) is 0 Å². The van der Waals surface area contributed by atoms with Crippen molar-refractivity contribution in [2.24, 2.45) is 5.73 Å². The van der Waals surface area contributed by atoms with E-state index < -0.39 is 0 Å². The zero-order valence-corrected chi connectivity index (χ0v) is 8.62. The van der Waals surface area contributed by atoms with Gasteiger partial charge in [0, 0.05) is 26.1 Å². The summed E-state index contributed by atoms with van der Waals surface area (Å²) < 4.78 is 0. The standard InChI is InChI=1S/C10H20N2O/c1-4-6-9(11)8-10(13)12(3)7-5-2/h5,9H,2,4,6-8,11H2,1,3H3. The van der Waals surface area contributed by atoms with Gasteiger partial charge in [0.15, 0.2) is 0 Å². The number of likely N-dealkylation sites (N-methyl/N-ethyl adjacent to an activating group) is 1. The number of hydrogen-bond acceptors (Lipinski definition) is 2. The Morgan fingerprint density at radius 3 is 2.77 bits per heavy atom. The van der Waals surface area contributed by atoms with Crippen molar-refractivity contribution in [1.29, 1.82) is 0 Å². The summed E-state index contributed by atoms with van der Waals surface area (Å²) in [4.78, 5) is 13.1. The van der Waals surface area contributed by atoms with Crippen LogP contribution in [0.25, 0.3) is 0 Å². The molecule has 13 heavy (non-hydrogen) atoms. The molecule has 0 aliphatic heterocycles. The Morgan fingerprint density at radius 1 is 1.69 bits per heavy atom. The van der Waals surface area contributed by atoms with Gasteiger partial charge in [0.2, 0.25) is 5.91 Å². The van der Waals surface area contributed by atoms with Crippen molar-refractivity contribution in [2.75, 3.05) is 13.6 Å². The van der Waals surface area contributed by atoms with Crippen LogP contribution >= 0.6 is 0 Å².